The molecule has 0 aromatic heterocycles. The lowest BCUT2D eigenvalue weighted by molar-refractivity contribution is -0.118. The average Bonchev–Trinajstić information content (AvgIpc) is 2.47. The number of benzene rings is 2. The Morgan fingerprint density at radius 2 is 1.90 bits per heavy atom. The Morgan fingerprint density at radius 1 is 1.19 bits per heavy atom. The number of nitrogens with one attached hydrogen (secondary N) is 1. The van der Waals surface area contributed by atoms with E-state index in [2.05, 4.69) is 5.32 Å². The number of rotatable bonds is 4. The summed E-state index contributed by atoms with van der Waals surface area (Å²) in [5.41, 5.74) is 0.958. The fourth-order valence-electron chi connectivity index (χ4n) is 1.56. The number of halogens is 2. The minimum absolute atomic E-state index is 0.202. The number of amides is 1. The van der Waals surface area contributed by atoms with Gasteiger partial charge in [0, 0.05) is 11.8 Å². The second-order valence-corrected chi connectivity index (χ2v) is 4.10. The van der Waals surface area contributed by atoms with E-state index in [9.17, 15) is 13.6 Å². The third kappa shape index (κ3) is 4.01. The molecule has 0 fully saturated rings. The second kappa shape index (κ2) is 6.48. The Morgan fingerprint density at radius 3 is 2.52 bits per heavy atom. The van der Waals surface area contributed by atoms with Crippen molar-refractivity contribution < 1.29 is 18.3 Å². The lowest BCUT2D eigenvalue weighted by Gasteiger charge is -2.08. The van der Waals surface area contributed by atoms with Crippen molar-refractivity contribution in [1.29, 1.82) is 5.26 Å². The van der Waals surface area contributed by atoms with Crippen molar-refractivity contribution in [1.82, 2.24) is 0 Å². The summed E-state index contributed by atoms with van der Waals surface area (Å²) < 4.78 is 30.9. The molecule has 21 heavy (non-hydrogen) atoms. The van der Waals surface area contributed by atoms with Crippen molar-refractivity contribution in [3.8, 4) is 11.8 Å². The van der Waals surface area contributed by atoms with Crippen LogP contribution in [-0.2, 0) is 4.79 Å². The van der Waals surface area contributed by atoms with Gasteiger partial charge in [0.05, 0.1) is 11.6 Å². The van der Waals surface area contributed by atoms with Crippen LogP contribution in [0.15, 0.2) is 42.5 Å². The van der Waals surface area contributed by atoms with Crippen LogP contribution in [0.1, 0.15) is 5.56 Å². The minimum Gasteiger partial charge on any atom is -0.481 e. The van der Waals surface area contributed by atoms with E-state index in [0.29, 0.717) is 17.3 Å². The summed E-state index contributed by atoms with van der Waals surface area (Å²) in [6, 6.07) is 11.0. The fourth-order valence-corrected chi connectivity index (χ4v) is 1.56. The standard InChI is InChI=1S/C15H10F2N2O2/c16-11-3-6-14(13(17)7-11)21-9-15(20)19-12-4-1-10(8-18)2-5-12/h1-7H,9H2,(H,19,20). The van der Waals surface area contributed by atoms with Crippen LogP contribution in [0.5, 0.6) is 5.75 Å². The molecule has 0 aliphatic heterocycles. The maximum atomic E-state index is 13.3. The molecule has 1 N–H and O–H groups in total. The predicted molar refractivity (Wildman–Crippen MR) is 71.6 cm³/mol. The smallest absolute Gasteiger partial charge is 0.262 e. The van der Waals surface area contributed by atoms with E-state index in [1.54, 1.807) is 24.3 Å². The number of hydrogen-bond donors (Lipinski definition) is 1. The summed E-state index contributed by atoms with van der Waals surface area (Å²) >= 11 is 0. The molecule has 0 atom stereocenters. The highest BCUT2D eigenvalue weighted by Gasteiger charge is 2.08. The Kier molecular flexibility index (Phi) is 4.46. The molecule has 4 nitrogen and oxygen atoms in total. The van der Waals surface area contributed by atoms with Gasteiger partial charge in [0.2, 0.25) is 0 Å². The first-order valence-electron chi connectivity index (χ1n) is 5.96. The topological polar surface area (TPSA) is 62.1 Å². The molecule has 0 saturated heterocycles. The SMILES string of the molecule is N#Cc1ccc(NC(=O)COc2ccc(F)cc2F)cc1. The maximum absolute atomic E-state index is 13.3. The normalized spacial score (nSPS) is 9.76. The number of carbonyl (C=O) groups is 1. The number of ether oxygens (including phenoxy) is 1. The highest BCUT2D eigenvalue weighted by Crippen LogP contribution is 2.17. The van der Waals surface area contributed by atoms with Gasteiger partial charge in [-0.15, -0.1) is 0 Å². The van der Waals surface area contributed by atoms with E-state index in [1.165, 1.54) is 0 Å². The largest absolute Gasteiger partial charge is 0.481 e. The monoisotopic (exact) mass is 288 g/mol. The highest BCUT2D eigenvalue weighted by molar-refractivity contribution is 5.91. The first-order valence-corrected chi connectivity index (χ1v) is 5.96. The molecule has 2 aromatic carbocycles. The fraction of sp³-hybridized carbons (Fsp3) is 0.0667. The summed E-state index contributed by atoms with van der Waals surface area (Å²) in [4.78, 5) is 11.6. The van der Waals surface area contributed by atoms with Crippen LogP contribution >= 0.6 is 0 Å². The van der Waals surface area contributed by atoms with Crippen LogP contribution in [0, 0.1) is 23.0 Å². The van der Waals surface area contributed by atoms with Gasteiger partial charge in [-0.25, -0.2) is 8.78 Å². The van der Waals surface area contributed by atoms with Crippen LogP contribution in [0.2, 0.25) is 0 Å². The molecule has 6 heteroatoms. The van der Waals surface area contributed by atoms with E-state index in [4.69, 9.17) is 10.00 Å². The van der Waals surface area contributed by atoms with Crippen molar-refractivity contribution in [2.75, 3.05) is 11.9 Å². The summed E-state index contributed by atoms with van der Waals surface area (Å²) in [5, 5.41) is 11.2. The molecular weight excluding hydrogens is 278 g/mol. The Balaban J connectivity index is 1.91. The lowest BCUT2D eigenvalue weighted by Crippen LogP contribution is -2.20. The second-order valence-electron chi connectivity index (χ2n) is 4.10. The molecule has 2 aromatic rings. The van der Waals surface area contributed by atoms with Gasteiger partial charge < -0.3 is 10.1 Å². The van der Waals surface area contributed by atoms with Crippen LogP contribution < -0.4 is 10.1 Å². The van der Waals surface area contributed by atoms with E-state index >= 15 is 0 Å². The zero-order chi connectivity index (χ0) is 15.2. The third-order valence-electron chi connectivity index (χ3n) is 2.55. The minimum atomic E-state index is -0.874. The van der Waals surface area contributed by atoms with Gasteiger partial charge >= 0.3 is 0 Å². The number of carbonyl (C=O) groups excluding carboxylic acids is 1. The van der Waals surface area contributed by atoms with Gasteiger partial charge in [-0.3, -0.25) is 4.79 Å². The van der Waals surface area contributed by atoms with Crippen LogP contribution in [0.4, 0.5) is 14.5 Å². The molecule has 1 amide bonds. The summed E-state index contributed by atoms with van der Waals surface area (Å²) in [6.45, 7) is -0.414. The van der Waals surface area contributed by atoms with Crippen molar-refractivity contribution in [3.63, 3.8) is 0 Å². The van der Waals surface area contributed by atoms with Gasteiger partial charge in [0.25, 0.3) is 5.91 Å². The van der Waals surface area contributed by atoms with Gasteiger partial charge in [0.15, 0.2) is 18.2 Å². The lowest BCUT2D eigenvalue weighted by atomic mass is 10.2. The van der Waals surface area contributed by atoms with Gasteiger partial charge in [-0.2, -0.15) is 5.26 Å². The summed E-state index contributed by atoms with van der Waals surface area (Å²) in [7, 11) is 0. The molecule has 106 valence electrons. The van der Waals surface area contributed by atoms with Crippen LogP contribution in [0.3, 0.4) is 0 Å². The van der Waals surface area contributed by atoms with Crippen molar-refractivity contribution in [3.05, 3.63) is 59.7 Å². The summed E-state index contributed by atoms with van der Waals surface area (Å²) in [6.07, 6.45) is 0. The third-order valence-corrected chi connectivity index (χ3v) is 2.55. The molecular formula is C15H10F2N2O2. The highest BCUT2D eigenvalue weighted by atomic mass is 19.1. The van der Waals surface area contributed by atoms with Crippen molar-refractivity contribution >= 4 is 11.6 Å². The van der Waals surface area contributed by atoms with E-state index in [-0.39, 0.29) is 5.75 Å². The van der Waals surface area contributed by atoms with E-state index < -0.39 is 24.1 Å². The Labute approximate surface area is 119 Å². The maximum Gasteiger partial charge on any atom is 0.262 e. The number of hydrogen-bond acceptors (Lipinski definition) is 3. The molecule has 0 bridgehead atoms. The number of nitrogens with zero attached hydrogens (tertiary/aromatic N) is 1. The first-order chi connectivity index (χ1) is 10.1. The van der Waals surface area contributed by atoms with E-state index in [0.717, 1.165) is 12.1 Å². The van der Waals surface area contributed by atoms with Gasteiger partial charge in [-0.05, 0) is 36.4 Å². The molecule has 0 aliphatic carbocycles. The number of anilines is 1. The van der Waals surface area contributed by atoms with Crippen molar-refractivity contribution in [2.45, 2.75) is 0 Å². The molecule has 0 aliphatic rings. The van der Waals surface area contributed by atoms with Gasteiger partial charge in [-0.1, -0.05) is 0 Å². The molecule has 2 rings (SSSR count). The van der Waals surface area contributed by atoms with Crippen LogP contribution in [-0.4, -0.2) is 12.5 Å². The zero-order valence-corrected chi connectivity index (χ0v) is 10.8. The molecule has 0 unspecified atom stereocenters. The molecule has 0 spiro atoms. The van der Waals surface area contributed by atoms with Crippen molar-refractivity contribution in [2.24, 2.45) is 0 Å². The predicted octanol–water partition coefficient (Wildman–Crippen LogP) is 2.85. The summed E-state index contributed by atoms with van der Waals surface area (Å²) in [5.74, 6) is -2.29. The Bertz CT molecular complexity index is 694. The Hall–Kier alpha value is -2.94. The quantitative estimate of drug-likeness (QED) is 0.941. The zero-order valence-electron chi connectivity index (χ0n) is 10.8. The van der Waals surface area contributed by atoms with Gasteiger partial charge in [0.1, 0.15) is 5.82 Å². The van der Waals surface area contributed by atoms with Crippen LogP contribution in [0.25, 0.3) is 0 Å². The molecule has 0 radical (unpaired) electrons. The molecule has 0 saturated carbocycles. The average molecular weight is 288 g/mol. The first kappa shape index (κ1) is 14.5. The molecule has 0 heterocycles. The van der Waals surface area contributed by atoms with E-state index in [1.807, 2.05) is 6.07 Å². The number of nitriles is 1.